The van der Waals surface area contributed by atoms with Crippen molar-refractivity contribution >= 4 is 11.8 Å². The molecule has 0 saturated heterocycles. The van der Waals surface area contributed by atoms with E-state index in [1.54, 1.807) is 4.90 Å². The Morgan fingerprint density at radius 3 is 2.85 bits per heavy atom. The standard InChI is InChI=1S/C16H20N2O2/c1-16(2,3)20-15(19)18-10-4-5-13-11-12(8-9-17)6-7-14(13)18/h6-7,11H,4-5,8,10H2,1-3H3. The van der Waals surface area contributed by atoms with Crippen LogP contribution in [0.3, 0.4) is 0 Å². The van der Waals surface area contributed by atoms with Crippen LogP contribution in [0.5, 0.6) is 0 Å². The van der Waals surface area contributed by atoms with Crippen molar-refractivity contribution in [2.75, 3.05) is 11.4 Å². The molecule has 1 aliphatic heterocycles. The van der Waals surface area contributed by atoms with Crippen LogP contribution in [-0.2, 0) is 17.6 Å². The molecule has 1 aromatic carbocycles. The summed E-state index contributed by atoms with van der Waals surface area (Å²) < 4.78 is 5.45. The number of fused-ring (bicyclic) bond motifs is 1. The fourth-order valence-electron chi connectivity index (χ4n) is 2.36. The smallest absolute Gasteiger partial charge is 0.414 e. The van der Waals surface area contributed by atoms with Crippen molar-refractivity contribution in [1.29, 1.82) is 5.26 Å². The third-order valence-corrected chi connectivity index (χ3v) is 3.16. The van der Waals surface area contributed by atoms with Crippen LogP contribution in [0.15, 0.2) is 18.2 Å². The van der Waals surface area contributed by atoms with Gasteiger partial charge >= 0.3 is 6.09 Å². The summed E-state index contributed by atoms with van der Waals surface area (Å²) in [6.07, 6.45) is 1.96. The summed E-state index contributed by atoms with van der Waals surface area (Å²) in [6, 6.07) is 8.00. The Kier molecular flexibility index (Phi) is 3.99. The Labute approximate surface area is 120 Å². The quantitative estimate of drug-likeness (QED) is 0.787. The molecule has 4 nitrogen and oxygen atoms in total. The normalized spacial score (nSPS) is 14.4. The van der Waals surface area contributed by atoms with Gasteiger partial charge in [0.05, 0.1) is 18.2 Å². The number of aryl methyl sites for hydroxylation is 1. The molecule has 1 heterocycles. The van der Waals surface area contributed by atoms with E-state index in [-0.39, 0.29) is 6.09 Å². The minimum absolute atomic E-state index is 0.300. The number of carbonyl (C=O) groups excluding carboxylic acids is 1. The van der Waals surface area contributed by atoms with Crippen molar-refractivity contribution < 1.29 is 9.53 Å². The molecular weight excluding hydrogens is 252 g/mol. The zero-order valence-corrected chi connectivity index (χ0v) is 12.3. The van der Waals surface area contributed by atoms with Crippen molar-refractivity contribution in [3.63, 3.8) is 0 Å². The molecule has 0 radical (unpaired) electrons. The number of ether oxygens (including phenoxy) is 1. The van der Waals surface area contributed by atoms with Gasteiger partial charge in [0, 0.05) is 6.54 Å². The first-order chi connectivity index (χ1) is 9.40. The average Bonchev–Trinajstić information content (AvgIpc) is 2.36. The van der Waals surface area contributed by atoms with Gasteiger partial charge < -0.3 is 4.74 Å². The lowest BCUT2D eigenvalue weighted by molar-refractivity contribution is 0.0578. The molecule has 0 aliphatic carbocycles. The van der Waals surface area contributed by atoms with Crippen LogP contribution in [0, 0.1) is 11.3 Å². The number of hydrogen-bond acceptors (Lipinski definition) is 3. The SMILES string of the molecule is CC(C)(C)OC(=O)N1CCCc2cc(CC#N)ccc21. The zero-order valence-electron chi connectivity index (χ0n) is 12.3. The number of nitriles is 1. The van der Waals surface area contributed by atoms with E-state index in [1.165, 1.54) is 0 Å². The molecule has 106 valence electrons. The van der Waals surface area contributed by atoms with Crippen LogP contribution in [0.4, 0.5) is 10.5 Å². The molecule has 0 unspecified atom stereocenters. The second-order valence-electron chi connectivity index (χ2n) is 6.03. The van der Waals surface area contributed by atoms with Gasteiger partial charge in [-0.3, -0.25) is 4.90 Å². The van der Waals surface area contributed by atoms with Crippen LogP contribution in [0.1, 0.15) is 38.3 Å². The van der Waals surface area contributed by atoms with Crippen molar-refractivity contribution in [1.82, 2.24) is 0 Å². The number of nitrogens with zero attached hydrogens (tertiary/aromatic N) is 2. The molecule has 0 spiro atoms. The predicted molar refractivity (Wildman–Crippen MR) is 77.7 cm³/mol. The van der Waals surface area contributed by atoms with Crippen LogP contribution >= 0.6 is 0 Å². The zero-order chi connectivity index (χ0) is 14.8. The van der Waals surface area contributed by atoms with Crippen molar-refractivity contribution in [3.8, 4) is 6.07 Å². The molecule has 4 heteroatoms. The molecule has 20 heavy (non-hydrogen) atoms. The lowest BCUT2D eigenvalue weighted by atomic mass is 9.98. The second kappa shape index (κ2) is 5.54. The van der Waals surface area contributed by atoms with E-state index in [4.69, 9.17) is 10.00 Å². The van der Waals surface area contributed by atoms with Crippen LogP contribution in [0.2, 0.25) is 0 Å². The lowest BCUT2D eigenvalue weighted by Crippen LogP contribution is -2.39. The fraction of sp³-hybridized carbons (Fsp3) is 0.500. The largest absolute Gasteiger partial charge is 0.443 e. The monoisotopic (exact) mass is 272 g/mol. The highest BCUT2D eigenvalue weighted by molar-refractivity contribution is 5.89. The Morgan fingerprint density at radius 2 is 2.20 bits per heavy atom. The summed E-state index contributed by atoms with van der Waals surface area (Å²) in [5, 5.41) is 8.76. The van der Waals surface area contributed by atoms with Gasteiger partial charge in [-0.25, -0.2) is 4.79 Å². The molecule has 1 aliphatic rings. The van der Waals surface area contributed by atoms with Gasteiger partial charge in [-0.05, 0) is 50.8 Å². The van der Waals surface area contributed by atoms with Crippen molar-refractivity contribution in [3.05, 3.63) is 29.3 Å². The van der Waals surface area contributed by atoms with Gasteiger partial charge in [0.1, 0.15) is 5.60 Å². The highest BCUT2D eigenvalue weighted by atomic mass is 16.6. The van der Waals surface area contributed by atoms with Gasteiger partial charge in [0.15, 0.2) is 0 Å². The Hall–Kier alpha value is -2.02. The van der Waals surface area contributed by atoms with E-state index in [0.29, 0.717) is 13.0 Å². The predicted octanol–water partition coefficient (Wildman–Crippen LogP) is 3.44. The first kappa shape index (κ1) is 14.4. The van der Waals surface area contributed by atoms with Crippen molar-refractivity contribution in [2.24, 2.45) is 0 Å². The van der Waals surface area contributed by atoms with Crippen LogP contribution in [-0.4, -0.2) is 18.2 Å². The van der Waals surface area contributed by atoms with E-state index < -0.39 is 5.60 Å². The topological polar surface area (TPSA) is 53.3 Å². The third kappa shape index (κ3) is 3.30. The average molecular weight is 272 g/mol. The summed E-state index contributed by atoms with van der Waals surface area (Å²) in [5.41, 5.74) is 2.54. The van der Waals surface area contributed by atoms with Gasteiger partial charge in [-0.2, -0.15) is 5.26 Å². The van der Waals surface area contributed by atoms with E-state index in [0.717, 1.165) is 29.7 Å². The third-order valence-electron chi connectivity index (χ3n) is 3.16. The number of carbonyl (C=O) groups is 1. The van der Waals surface area contributed by atoms with Crippen LogP contribution in [0.25, 0.3) is 0 Å². The molecule has 0 aromatic heterocycles. The van der Waals surface area contributed by atoms with Crippen molar-refractivity contribution in [2.45, 2.75) is 45.6 Å². The highest BCUT2D eigenvalue weighted by Gasteiger charge is 2.27. The first-order valence-corrected chi connectivity index (χ1v) is 6.90. The van der Waals surface area contributed by atoms with E-state index in [2.05, 4.69) is 6.07 Å². The summed E-state index contributed by atoms with van der Waals surface area (Å²) in [7, 11) is 0. The van der Waals surface area contributed by atoms with Gasteiger partial charge in [0.2, 0.25) is 0 Å². The van der Waals surface area contributed by atoms with E-state index in [1.807, 2.05) is 39.0 Å². The number of benzene rings is 1. The van der Waals surface area contributed by atoms with Gasteiger partial charge in [-0.15, -0.1) is 0 Å². The number of rotatable bonds is 1. The fourth-order valence-corrected chi connectivity index (χ4v) is 2.36. The molecule has 1 amide bonds. The molecule has 0 atom stereocenters. The maximum Gasteiger partial charge on any atom is 0.414 e. The molecule has 1 aromatic rings. The highest BCUT2D eigenvalue weighted by Crippen LogP contribution is 2.29. The molecule has 2 rings (SSSR count). The molecule has 0 N–H and O–H groups in total. The van der Waals surface area contributed by atoms with Gasteiger partial charge in [-0.1, -0.05) is 12.1 Å². The molecule has 0 saturated carbocycles. The lowest BCUT2D eigenvalue weighted by Gasteiger charge is -2.31. The Morgan fingerprint density at radius 1 is 1.45 bits per heavy atom. The summed E-state index contributed by atoms with van der Waals surface area (Å²) in [5.74, 6) is 0. The van der Waals surface area contributed by atoms with E-state index in [9.17, 15) is 4.79 Å². The Bertz CT molecular complexity index is 553. The molecular formula is C16H20N2O2. The van der Waals surface area contributed by atoms with Gasteiger partial charge in [0.25, 0.3) is 0 Å². The van der Waals surface area contributed by atoms with Crippen LogP contribution < -0.4 is 4.90 Å². The first-order valence-electron chi connectivity index (χ1n) is 6.90. The number of anilines is 1. The molecule has 0 fully saturated rings. The second-order valence-corrected chi connectivity index (χ2v) is 6.03. The Balaban J connectivity index is 2.25. The number of amides is 1. The summed E-state index contributed by atoms with van der Waals surface area (Å²) in [4.78, 5) is 13.9. The minimum Gasteiger partial charge on any atom is -0.443 e. The summed E-state index contributed by atoms with van der Waals surface area (Å²) in [6.45, 7) is 6.28. The maximum atomic E-state index is 12.2. The van der Waals surface area contributed by atoms with E-state index >= 15 is 0 Å². The number of hydrogen-bond donors (Lipinski definition) is 0. The summed E-state index contributed by atoms with van der Waals surface area (Å²) >= 11 is 0. The molecule has 0 bridgehead atoms. The maximum absolute atomic E-state index is 12.2. The minimum atomic E-state index is -0.491.